The Kier molecular flexibility index (Phi) is 3.56. The lowest BCUT2D eigenvalue weighted by atomic mass is 10.2. The van der Waals surface area contributed by atoms with Crippen LogP contribution in [0, 0.1) is 0 Å². The number of rotatable bonds is 4. The maximum atomic E-state index is 12.2. The van der Waals surface area contributed by atoms with Crippen molar-refractivity contribution in [2.45, 2.75) is 17.7 Å². The van der Waals surface area contributed by atoms with Gasteiger partial charge in [0.15, 0.2) is 0 Å². The third kappa shape index (κ3) is 2.25. The molecule has 2 rings (SSSR count). The predicted octanol–water partition coefficient (Wildman–Crippen LogP) is 2.47. The summed E-state index contributed by atoms with van der Waals surface area (Å²) >= 11 is 5.96. The molecule has 0 saturated heterocycles. The minimum absolute atomic E-state index is 0.265. The van der Waals surface area contributed by atoms with Crippen LogP contribution in [0.4, 0.5) is 0 Å². The molecule has 1 aliphatic heterocycles. The molecule has 0 spiro atoms. The molecular formula is C12H14ClNO2S. The quantitative estimate of drug-likeness (QED) is 0.856. The molecule has 0 radical (unpaired) electrons. The molecular weight excluding hydrogens is 258 g/mol. The Morgan fingerprint density at radius 2 is 2.12 bits per heavy atom. The number of hydrogen-bond donors (Lipinski definition) is 1. The van der Waals surface area contributed by atoms with Crippen LogP contribution in [0.25, 0.3) is 6.08 Å². The highest BCUT2D eigenvalue weighted by atomic mass is 35.5. The van der Waals surface area contributed by atoms with Gasteiger partial charge in [0.1, 0.15) is 0 Å². The highest BCUT2D eigenvalue weighted by molar-refractivity contribution is 7.96. The van der Waals surface area contributed by atoms with Gasteiger partial charge in [-0.15, -0.1) is 0 Å². The van der Waals surface area contributed by atoms with Gasteiger partial charge >= 0.3 is 0 Å². The molecule has 1 aliphatic rings. The minimum atomic E-state index is -3.36. The van der Waals surface area contributed by atoms with Gasteiger partial charge in [-0.3, -0.25) is 0 Å². The van der Waals surface area contributed by atoms with E-state index in [1.165, 1.54) is 0 Å². The van der Waals surface area contributed by atoms with E-state index in [1.807, 2.05) is 7.05 Å². The molecule has 0 fully saturated rings. The standard InChI is InChI=1S/C12H14ClNO2S/c1-14-7-3-5-10-8-9-4-2-6-11(13)12(9)17(10,15)16/h2,4,6,8,14H,3,5,7H2,1H3. The second-order valence-electron chi connectivity index (χ2n) is 3.98. The average Bonchev–Trinajstić information content (AvgIpc) is 2.52. The summed E-state index contributed by atoms with van der Waals surface area (Å²) in [5.41, 5.74) is 0.706. The van der Waals surface area contributed by atoms with E-state index in [2.05, 4.69) is 5.32 Å². The zero-order valence-electron chi connectivity index (χ0n) is 9.53. The van der Waals surface area contributed by atoms with Crippen LogP contribution < -0.4 is 5.32 Å². The van der Waals surface area contributed by atoms with Crippen molar-refractivity contribution in [1.29, 1.82) is 0 Å². The van der Waals surface area contributed by atoms with Gasteiger partial charge in [-0.2, -0.15) is 0 Å². The Bertz CT molecular complexity index is 564. The third-order valence-corrected chi connectivity index (χ3v) is 5.21. The zero-order chi connectivity index (χ0) is 12.5. The minimum Gasteiger partial charge on any atom is -0.320 e. The van der Waals surface area contributed by atoms with Crippen LogP contribution >= 0.6 is 11.6 Å². The van der Waals surface area contributed by atoms with Crippen molar-refractivity contribution in [3.63, 3.8) is 0 Å². The first kappa shape index (κ1) is 12.6. The van der Waals surface area contributed by atoms with E-state index < -0.39 is 9.84 Å². The fourth-order valence-corrected chi connectivity index (χ4v) is 4.16. The van der Waals surface area contributed by atoms with Crippen molar-refractivity contribution < 1.29 is 8.42 Å². The fourth-order valence-electron chi connectivity index (χ4n) is 1.95. The molecule has 1 aromatic carbocycles. The predicted molar refractivity (Wildman–Crippen MR) is 69.8 cm³/mol. The lowest BCUT2D eigenvalue weighted by Gasteiger charge is -2.05. The van der Waals surface area contributed by atoms with Gasteiger partial charge in [0.25, 0.3) is 0 Å². The SMILES string of the molecule is CNCCCC1=Cc2cccc(Cl)c2S1(=O)=O. The zero-order valence-corrected chi connectivity index (χ0v) is 11.1. The van der Waals surface area contributed by atoms with Crippen molar-refractivity contribution >= 4 is 27.5 Å². The van der Waals surface area contributed by atoms with Crippen molar-refractivity contribution in [2.24, 2.45) is 0 Å². The Morgan fingerprint density at radius 3 is 2.76 bits per heavy atom. The summed E-state index contributed by atoms with van der Waals surface area (Å²) in [6.07, 6.45) is 3.08. The summed E-state index contributed by atoms with van der Waals surface area (Å²) < 4.78 is 24.5. The maximum absolute atomic E-state index is 12.2. The van der Waals surface area contributed by atoms with E-state index in [4.69, 9.17) is 11.6 Å². The molecule has 0 bridgehead atoms. The second kappa shape index (κ2) is 4.80. The van der Waals surface area contributed by atoms with Gasteiger partial charge in [-0.05, 0) is 44.1 Å². The van der Waals surface area contributed by atoms with Crippen molar-refractivity contribution in [3.8, 4) is 0 Å². The fraction of sp³-hybridized carbons (Fsp3) is 0.333. The number of sulfone groups is 1. The van der Waals surface area contributed by atoms with Gasteiger partial charge in [-0.25, -0.2) is 8.42 Å². The smallest absolute Gasteiger partial charge is 0.204 e. The molecule has 0 aliphatic carbocycles. The Balaban J connectivity index is 2.33. The molecule has 1 N–H and O–H groups in total. The average molecular weight is 272 g/mol. The van der Waals surface area contributed by atoms with Gasteiger partial charge in [0.2, 0.25) is 9.84 Å². The van der Waals surface area contributed by atoms with Crippen molar-refractivity contribution in [1.82, 2.24) is 5.32 Å². The summed E-state index contributed by atoms with van der Waals surface area (Å²) in [5, 5.41) is 3.31. The second-order valence-corrected chi connectivity index (χ2v) is 6.33. The maximum Gasteiger partial charge on any atom is 0.204 e. The summed E-state index contributed by atoms with van der Waals surface area (Å²) in [4.78, 5) is 0.733. The number of benzene rings is 1. The molecule has 0 unspecified atom stereocenters. The summed E-state index contributed by atoms with van der Waals surface area (Å²) in [6.45, 7) is 0.803. The summed E-state index contributed by atoms with van der Waals surface area (Å²) in [5.74, 6) is 0. The molecule has 1 heterocycles. The van der Waals surface area contributed by atoms with Crippen molar-refractivity contribution in [2.75, 3.05) is 13.6 Å². The first-order chi connectivity index (χ1) is 8.07. The van der Waals surface area contributed by atoms with E-state index in [1.54, 1.807) is 24.3 Å². The highest BCUT2D eigenvalue weighted by Gasteiger charge is 2.30. The lowest BCUT2D eigenvalue weighted by Crippen LogP contribution is -2.09. The monoisotopic (exact) mass is 271 g/mol. The molecule has 17 heavy (non-hydrogen) atoms. The number of fused-ring (bicyclic) bond motifs is 1. The van der Waals surface area contributed by atoms with Gasteiger partial charge in [-0.1, -0.05) is 23.7 Å². The number of hydrogen-bond acceptors (Lipinski definition) is 3. The number of allylic oxidation sites excluding steroid dienone is 1. The highest BCUT2D eigenvalue weighted by Crippen LogP contribution is 2.39. The summed E-state index contributed by atoms with van der Waals surface area (Å²) in [7, 11) is -1.51. The van der Waals surface area contributed by atoms with Crippen molar-refractivity contribution in [3.05, 3.63) is 33.7 Å². The van der Waals surface area contributed by atoms with Crippen LogP contribution in [0.2, 0.25) is 5.02 Å². The van der Waals surface area contributed by atoms with E-state index in [9.17, 15) is 8.42 Å². The van der Waals surface area contributed by atoms with Crippen LogP contribution in [0.3, 0.4) is 0 Å². The first-order valence-corrected chi connectivity index (χ1v) is 7.32. The van der Waals surface area contributed by atoms with Crippen LogP contribution in [0.15, 0.2) is 28.0 Å². The molecule has 0 atom stereocenters. The molecule has 0 amide bonds. The molecule has 0 aromatic heterocycles. The number of nitrogens with one attached hydrogen (secondary N) is 1. The topological polar surface area (TPSA) is 46.2 Å². The Hall–Kier alpha value is -0.840. The third-order valence-electron chi connectivity index (χ3n) is 2.78. The number of halogens is 1. The largest absolute Gasteiger partial charge is 0.320 e. The van der Waals surface area contributed by atoms with Crippen LogP contribution in [-0.2, 0) is 9.84 Å². The molecule has 92 valence electrons. The van der Waals surface area contributed by atoms with E-state index >= 15 is 0 Å². The lowest BCUT2D eigenvalue weighted by molar-refractivity contribution is 0.600. The van der Waals surface area contributed by atoms with Gasteiger partial charge < -0.3 is 5.32 Å². The first-order valence-electron chi connectivity index (χ1n) is 5.46. The molecule has 0 saturated carbocycles. The van der Waals surface area contributed by atoms with Crippen LogP contribution in [-0.4, -0.2) is 22.0 Å². The van der Waals surface area contributed by atoms with Crippen LogP contribution in [0.1, 0.15) is 18.4 Å². The van der Waals surface area contributed by atoms with Crippen LogP contribution in [0.5, 0.6) is 0 Å². The molecule has 5 heteroatoms. The molecule has 3 nitrogen and oxygen atoms in total. The van der Waals surface area contributed by atoms with Gasteiger partial charge in [0, 0.05) is 4.91 Å². The Morgan fingerprint density at radius 1 is 1.35 bits per heavy atom. The summed E-state index contributed by atoms with van der Waals surface area (Å²) in [6, 6.07) is 5.16. The van der Waals surface area contributed by atoms with Gasteiger partial charge in [0.05, 0.1) is 9.92 Å². The van der Waals surface area contributed by atoms with E-state index in [-0.39, 0.29) is 4.90 Å². The van der Waals surface area contributed by atoms with E-state index in [0.29, 0.717) is 21.9 Å². The van der Waals surface area contributed by atoms with E-state index in [0.717, 1.165) is 13.0 Å². The molecule has 1 aromatic rings. The normalized spacial score (nSPS) is 16.7. The Labute approximate surface area is 106 Å².